The molecule has 33 heavy (non-hydrogen) atoms. The predicted molar refractivity (Wildman–Crippen MR) is 127 cm³/mol. The normalized spacial score (nSPS) is 11.3. The van der Waals surface area contributed by atoms with Crippen molar-refractivity contribution in [3.8, 4) is 5.69 Å². The van der Waals surface area contributed by atoms with E-state index in [9.17, 15) is 9.18 Å². The van der Waals surface area contributed by atoms with E-state index in [1.54, 1.807) is 6.07 Å². The Balaban J connectivity index is 1.24. The SMILES string of the molecule is Cn1c(CCNC(=O)CCc2nc3ccccc3n2-c2ccccc2)nc2cc(F)ccc21. The summed E-state index contributed by atoms with van der Waals surface area (Å²) in [6, 6.07) is 22.6. The molecule has 1 N–H and O–H groups in total. The van der Waals surface area contributed by atoms with Crippen LogP contribution in [0.1, 0.15) is 18.1 Å². The van der Waals surface area contributed by atoms with Crippen molar-refractivity contribution in [2.24, 2.45) is 7.05 Å². The molecule has 0 aliphatic heterocycles. The van der Waals surface area contributed by atoms with E-state index in [-0.39, 0.29) is 11.7 Å². The average molecular weight is 442 g/mol. The lowest BCUT2D eigenvalue weighted by Crippen LogP contribution is -2.26. The molecule has 6 nitrogen and oxygen atoms in total. The molecule has 0 aliphatic carbocycles. The van der Waals surface area contributed by atoms with Gasteiger partial charge in [0, 0.05) is 44.6 Å². The van der Waals surface area contributed by atoms with Crippen molar-refractivity contribution >= 4 is 28.0 Å². The molecule has 0 unspecified atom stereocenters. The predicted octanol–water partition coefficient (Wildman–Crippen LogP) is 4.34. The molecule has 0 saturated carbocycles. The number of hydrogen-bond donors (Lipinski definition) is 1. The van der Waals surface area contributed by atoms with Crippen LogP contribution in [0.4, 0.5) is 4.39 Å². The Morgan fingerprint density at radius 3 is 2.48 bits per heavy atom. The van der Waals surface area contributed by atoms with E-state index in [0.717, 1.165) is 33.9 Å². The van der Waals surface area contributed by atoms with Gasteiger partial charge in [-0.3, -0.25) is 9.36 Å². The number of benzene rings is 3. The van der Waals surface area contributed by atoms with Gasteiger partial charge in [-0.25, -0.2) is 14.4 Å². The van der Waals surface area contributed by atoms with Gasteiger partial charge in [-0.05, 0) is 36.4 Å². The molecule has 0 fully saturated rings. The van der Waals surface area contributed by atoms with Crippen LogP contribution in [-0.4, -0.2) is 31.6 Å². The van der Waals surface area contributed by atoms with Crippen LogP contribution in [0.3, 0.4) is 0 Å². The molecule has 7 heteroatoms. The third kappa shape index (κ3) is 4.22. The molecule has 2 heterocycles. The van der Waals surface area contributed by atoms with E-state index in [1.165, 1.54) is 12.1 Å². The van der Waals surface area contributed by atoms with Crippen LogP contribution in [0.25, 0.3) is 27.8 Å². The number of hydrogen-bond acceptors (Lipinski definition) is 3. The summed E-state index contributed by atoms with van der Waals surface area (Å²) in [5.41, 5.74) is 4.46. The second-order valence-electron chi connectivity index (χ2n) is 8.01. The zero-order valence-electron chi connectivity index (χ0n) is 18.3. The Morgan fingerprint density at radius 1 is 0.879 bits per heavy atom. The van der Waals surface area contributed by atoms with Gasteiger partial charge in [0.15, 0.2) is 0 Å². The van der Waals surface area contributed by atoms with Gasteiger partial charge in [-0.2, -0.15) is 0 Å². The maximum Gasteiger partial charge on any atom is 0.220 e. The summed E-state index contributed by atoms with van der Waals surface area (Å²) in [5, 5.41) is 2.97. The Morgan fingerprint density at radius 2 is 1.64 bits per heavy atom. The summed E-state index contributed by atoms with van der Waals surface area (Å²) < 4.78 is 17.5. The number of fused-ring (bicyclic) bond motifs is 2. The summed E-state index contributed by atoms with van der Waals surface area (Å²) in [6.45, 7) is 0.466. The van der Waals surface area contributed by atoms with E-state index >= 15 is 0 Å². The Labute approximate surface area is 190 Å². The first-order chi connectivity index (χ1) is 16.1. The fraction of sp³-hybridized carbons (Fsp3) is 0.192. The minimum Gasteiger partial charge on any atom is -0.356 e. The number of halogens is 1. The minimum atomic E-state index is -0.304. The summed E-state index contributed by atoms with van der Waals surface area (Å²) in [4.78, 5) is 21.8. The number of rotatable bonds is 7. The third-order valence-electron chi connectivity index (χ3n) is 5.83. The number of carbonyl (C=O) groups excluding carboxylic acids is 1. The van der Waals surface area contributed by atoms with Gasteiger partial charge >= 0.3 is 0 Å². The van der Waals surface area contributed by atoms with Crippen LogP contribution >= 0.6 is 0 Å². The second-order valence-corrected chi connectivity index (χ2v) is 8.01. The highest BCUT2D eigenvalue weighted by Gasteiger charge is 2.14. The van der Waals surface area contributed by atoms with Crippen LogP contribution in [-0.2, 0) is 24.7 Å². The first-order valence-corrected chi connectivity index (χ1v) is 11.0. The summed E-state index contributed by atoms with van der Waals surface area (Å²) >= 11 is 0. The fourth-order valence-electron chi connectivity index (χ4n) is 4.18. The largest absolute Gasteiger partial charge is 0.356 e. The highest BCUT2D eigenvalue weighted by atomic mass is 19.1. The maximum absolute atomic E-state index is 13.5. The van der Waals surface area contributed by atoms with Gasteiger partial charge < -0.3 is 9.88 Å². The molecule has 2 aromatic heterocycles. The summed E-state index contributed by atoms with van der Waals surface area (Å²) in [7, 11) is 1.90. The van der Waals surface area contributed by atoms with Gasteiger partial charge in [0.2, 0.25) is 5.91 Å². The van der Waals surface area contributed by atoms with E-state index in [2.05, 4.69) is 14.9 Å². The number of aromatic nitrogens is 4. The number of nitrogens with zero attached hydrogens (tertiary/aromatic N) is 4. The molecule has 1 amide bonds. The van der Waals surface area contributed by atoms with Crippen molar-refractivity contribution in [1.82, 2.24) is 24.4 Å². The van der Waals surface area contributed by atoms with Gasteiger partial charge in [-0.15, -0.1) is 0 Å². The first kappa shape index (κ1) is 20.9. The molecule has 0 saturated heterocycles. The van der Waals surface area contributed by atoms with Crippen LogP contribution in [0.5, 0.6) is 0 Å². The molecule has 5 aromatic rings. The minimum absolute atomic E-state index is 0.0357. The van der Waals surface area contributed by atoms with Gasteiger partial charge in [0.1, 0.15) is 17.5 Å². The van der Waals surface area contributed by atoms with Crippen molar-refractivity contribution in [1.29, 1.82) is 0 Å². The number of nitrogens with one attached hydrogen (secondary N) is 1. The highest BCUT2D eigenvalue weighted by molar-refractivity contribution is 5.79. The van der Waals surface area contributed by atoms with Crippen molar-refractivity contribution in [3.05, 3.63) is 90.3 Å². The monoisotopic (exact) mass is 441 g/mol. The lowest BCUT2D eigenvalue weighted by molar-refractivity contribution is -0.121. The second kappa shape index (κ2) is 8.86. The lowest BCUT2D eigenvalue weighted by atomic mass is 10.2. The fourth-order valence-corrected chi connectivity index (χ4v) is 4.18. The van der Waals surface area contributed by atoms with E-state index in [4.69, 9.17) is 4.98 Å². The standard InChI is InChI=1S/C26H24FN5O/c1-31-22-12-11-18(27)17-21(22)30-24(31)15-16-28-26(33)14-13-25-29-20-9-5-6-10-23(20)32(25)19-7-3-2-4-8-19/h2-12,17H,13-16H2,1H3,(H,28,33). The Hall–Kier alpha value is -4.00. The molecule has 0 spiro atoms. The number of carbonyl (C=O) groups is 1. The molecule has 166 valence electrons. The smallest absolute Gasteiger partial charge is 0.220 e. The summed E-state index contributed by atoms with van der Waals surface area (Å²) in [5.74, 6) is 1.32. The van der Waals surface area contributed by atoms with Crippen molar-refractivity contribution in [2.75, 3.05) is 6.54 Å². The molecule has 3 aromatic carbocycles. The molecular weight excluding hydrogens is 417 g/mol. The zero-order chi connectivity index (χ0) is 22.8. The Kier molecular flexibility index (Phi) is 5.60. The quantitative estimate of drug-likeness (QED) is 0.409. The number of aryl methyl sites for hydroxylation is 2. The number of para-hydroxylation sites is 3. The van der Waals surface area contributed by atoms with E-state index in [1.807, 2.05) is 66.2 Å². The number of imidazole rings is 2. The van der Waals surface area contributed by atoms with Crippen LogP contribution in [0, 0.1) is 5.82 Å². The molecule has 0 atom stereocenters. The molecular formula is C26H24FN5O. The van der Waals surface area contributed by atoms with Crippen molar-refractivity contribution < 1.29 is 9.18 Å². The van der Waals surface area contributed by atoms with E-state index in [0.29, 0.717) is 31.3 Å². The molecule has 0 bridgehead atoms. The van der Waals surface area contributed by atoms with Gasteiger partial charge in [0.25, 0.3) is 0 Å². The van der Waals surface area contributed by atoms with E-state index < -0.39 is 0 Å². The zero-order valence-corrected chi connectivity index (χ0v) is 18.3. The highest BCUT2D eigenvalue weighted by Crippen LogP contribution is 2.22. The Bertz CT molecular complexity index is 1440. The van der Waals surface area contributed by atoms with Crippen molar-refractivity contribution in [2.45, 2.75) is 19.3 Å². The van der Waals surface area contributed by atoms with Gasteiger partial charge in [0.05, 0.1) is 22.1 Å². The first-order valence-electron chi connectivity index (χ1n) is 11.0. The number of amides is 1. The lowest BCUT2D eigenvalue weighted by Gasteiger charge is -2.10. The van der Waals surface area contributed by atoms with Crippen LogP contribution in [0.2, 0.25) is 0 Å². The molecule has 0 radical (unpaired) electrons. The molecule has 0 aliphatic rings. The topological polar surface area (TPSA) is 64.7 Å². The summed E-state index contributed by atoms with van der Waals surface area (Å²) in [6.07, 6.45) is 1.44. The average Bonchev–Trinajstić information content (AvgIpc) is 3.35. The maximum atomic E-state index is 13.5. The van der Waals surface area contributed by atoms with Crippen LogP contribution in [0.15, 0.2) is 72.8 Å². The van der Waals surface area contributed by atoms with Crippen LogP contribution < -0.4 is 5.32 Å². The van der Waals surface area contributed by atoms with Gasteiger partial charge in [-0.1, -0.05) is 30.3 Å². The molecule has 5 rings (SSSR count). The van der Waals surface area contributed by atoms with Crippen molar-refractivity contribution in [3.63, 3.8) is 0 Å². The third-order valence-corrected chi connectivity index (χ3v) is 5.83.